The summed E-state index contributed by atoms with van der Waals surface area (Å²) in [6.07, 6.45) is 5.73. The first-order valence-corrected chi connectivity index (χ1v) is 6.01. The van der Waals surface area contributed by atoms with E-state index >= 15 is 0 Å². The summed E-state index contributed by atoms with van der Waals surface area (Å²) in [5.74, 6) is 0.177. The fourth-order valence-corrected chi connectivity index (χ4v) is 2.98. The molecule has 1 N–H and O–H groups in total. The molecule has 84 valence electrons. The quantitative estimate of drug-likeness (QED) is 0.632. The molecule has 0 atom stereocenters. The highest BCUT2D eigenvalue weighted by Gasteiger charge is 2.49. The van der Waals surface area contributed by atoms with Gasteiger partial charge in [-0.2, -0.15) is 0 Å². The van der Waals surface area contributed by atoms with E-state index in [4.69, 9.17) is 11.6 Å². The number of halogens is 1. The van der Waals surface area contributed by atoms with Crippen LogP contribution in [0.2, 0.25) is 5.15 Å². The molecule has 2 bridgehead atoms. The molecule has 0 aromatic carbocycles. The first-order chi connectivity index (χ1) is 7.70. The molecule has 2 fully saturated rings. The van der Waals surface area contributed by atoms with Crippen LogP contribution >= 0.6 is 11.6 Å². The second-order valence-corrected chi connectivity index (χ2v) is 5.09. The van der Waals surface area contributed by atoms with Crippen LogP contribution in [0.25, 0.3) is 0 Å². The monoisotopic (exact) mass is 236 g/mol. The third kappa shape index (κ3) is 1.46. The molecule has 16 heavy (non-hydrogen) atoms. The molecular formula is C12H13ClN2O. The molecule has 0 spiro atoms. The lowest BCUT2D eigenvalue weighted by atomic mass is 9.82. The lowest BCUT2D eigenvalue weighted by molar-refractivity contribution is 0.0873. The first kappa shape index (κ1) is 10.2. The van der Waals surface area contributed by atoms with Gasteiger partial charge in [-0.3, -0.25) is 4.79 Å². The number of nitrogens with one attached hydrogen (secondary N) is 1. The van der Waals surface area contributed by atoms with Gasteiger partial charge in [0.2, 0.25) is 0 Å². The number of hydrogen-bond donors (Lipinski definition) is 1. The summed E-state index contributed by atoms with van der Waals surface area (Å²) in [4.78, 5) is 16.4. The number of carbonyl (C=O) groups is 1. The lowest BCUT2D eigenvalue weighted by Crippen LogP contribution is -2.44. The van der Waals surface area contributed by atoms with Gasteiger partial charge in [0.15, 0.2) is 5.78 Å². The molecule has 0 unspecified atom stereocenters. The SMILES string of the molecule is O=C(c1ccc(Cl)nc1)C12CCC(CC1)N2. The molecule has 1 aromatic heterocycles. The number of carbonyl (C=O) groups excluding carboxylic acids is 1. The lowest BCUT2D eigenvalue weighted by Gasteiger charge is -2.24. The van der Waals surface area contributed by atoms with Gasteiger partial charge in [0, 0.05) is 17.8 Å². The van der Waals surface area contributed by atoms with Crippen LogP contribution in [0.3, 0.4) is 0 Å². The van der Waals surface area contributed by atoms with E-state index < -0.39 is 0 Å². The number of hydrogen-bond acceptors (Lipinski definition) is 3. The highest BCUT2D eigenvalue weighted by Crippen LogP contribution is 2.39. The van der Waals surface area contributed by atoms with Crippen LogP contribution in [0.15, 0.2) is 18.3 Å². The minimum absolute atomic E-state index is 0.177. The molecule has 3 rings (SSSR count). The number of pyridine rings is 1. The summed E-state index contributed by atoms with van der Waals surface area (Å²) in [6.45, 7) is 0. The van der Waals surface area contributed by atoms with Crippen molar-refractivity contribution < 1.29 is 4.79 Å². The smallest absolute Gasteiger partial charge is 0.184 e. The Morgan fingerprint density at radius 2 is 2.19 bits per heavy atom. The van der Waals surface area contributed by atoms with Crippen molar-refractivity contribution in [2.75, 3.05) is 0 Å². The molecule has 3 heterocycles. The highest BCUT2D eigenvalue weighted by molar-refractivity contribution is 6.29. The van der Waals surface area contributed by atoms with Crippen LogP contribution in [-0.2, 0) is 0 Å². The van der Waals surface area contributed by atoms with Crippen molar-refractivity contribution >= 4 is 17.4 Å². The molecule has 3 nitrogen and oxygen atoms in total. The zero-order valence-corrected chi connectivity index (χ0v) is 9.63. The summed E-state index contributed by atoms with van der Waals surface area (Å²) >= 11 is 5.71. The number of rotatable bonds is 2. The molecule has 4 heteroatoms. The molecule has 2 saturated heterocycles. The maximum absolute atomic E-state index is 12.4. The number of fused-ring (bicyclic) bond motifs is 2. The van der Waals surface area contributed by atoms with E-state index in [2.05, 4.69) is 10.3 Å². The van der Waals surface area contributed by atoms with Crippen LogP contribution in [-0.4, -0.2) is 22.3 Å². The molecular weight excluding hydrogens is 224 g/mol. The normalized spacial score (nSPS) is 31.9. The van der Waals surface area contributed by atoms with E-state index in [1.165, 1.54) is 0 Å². The minimum atomic E-state index is -0.305. The molecule has 2 aliphatic rings. The fraction of sp³-hybridized carbons (Fsp3) is 0.500. The third-order valence-electron chi connectivity index (χ3n) is 3.74. The number of aromatic nitrogens is 1. The van der Waals surface area contributed by atoms with Crippen LogP contribution in [0, 0.1) is 0 Å². The van der Waals surface area contributed by atoms with E-state index in [9.17, 15) is 4.79 Å². The Bertz CT molecular complexity index is 421. The van der Waals surface area contributed by atoms with Crippen molar-refractivity contribution in [3.63, 3.8) is 0 Å². The van der Waals surface area contributed by atoms with Gasteiger partial charge in [0.1, 0.15) is 5.15 Å². The molecule has 0 radical (unpaired) electrons. The summed E-state index contributed by atoms with van der Waals surface area (Å²) in [6, 6.07) is 3.98. The minimum Gasteiger partial charge on any atom is -0.302 e. The zero-order valence-electron chi connectivity index (χ0n) is 8.87. The van der Waals surface area contributed by atoms with E-state index in [0.29, 0.717) is 16.8 Å². The average molecular weight is 237 g/mol. The Labute approximate surface area is 99.2 Å². The van der Waals surface area contributed by atoms with Gasteiger partial charge in [-0.15, -0.1) is 0 Å². The maximum atomic E-state index is 12.4. The summed E-state index contributed by atoms with van der Waals surface area (Å²) < 4.78 is 0. The van der Waals surface area contributed by atoms with Crippen molar-refractivity contribution in [3.8, 4) is 0 Å². The molecule has 1 aromatic rings. The average Bonchev–Trinajstić information content (AvgIpc) is 2.90. The zero-order chi connectivity index (χ0) is 11.2. The van der Waals surface area contributed by atoms with E-state index in [1.54, 1.807) is 18.3 Å². The van der Waals surface area contributed by atoms with Gasteiger partial charge >= 0.3 is 0 Å². The predicted molar refractivity (Wildman–Crippen MR) is 61.7 cm³/mol. The predicted octanol–water partition coefficient (Wildman–Crippen LogP) is 2.20. The summed E-state index contributed by atoms with van der Waals surface area (Å²) in [5, 5.41) is 3.87. The largest absolute Gasteiger partial charge is 0.302 e. The van der Waals surface area contributed by atoms with Crippen molar-refractivity contribution in [1.82, 2.24) is 10.3 Å². The van der Waals surface area contributed by atoms with Crippen LogP contribution < -0.4 is 5.32 Å². The van der Waals surface area contributed by atoms with E-state index in [0.717, 1.165) is 25.7 Å². The van der Waals surface area contributed by atoms with E-state index in [1.807, 2.05) is 0 Å². The Hall–Kier alpha value is -0.930. The van der Waals surface area contributed by atoms with Crippen molar-refractivity contribution in [2.45, 2.75) is 37.3 Å². The topological polar surface area (TPSA) is 42.0 Å². The molecule has 2 aliphatic heterocycles. The molecule has 0 saturated carbocycles. The number of nitrogens with zero attached hydrogens (tertiary/aromatic N) is 1. The van der Waals surface area contributed by atoms with Crippen molar-refractivity contribution in [2.24, 2.45) is 0 Å². The standard InChI is InChI=1S/C12H13ClN2O/c13-10-2-1-8(7-14-10)11(16)12-5-3-9(15-12)4-6-12/h1-2,7,9,15H,3-6H2. The fourth-order valence-electron chi connectivity index (χ4n) is 2.87. The third-order valence-corrected chi connectivity index (χ3v) is 3.97. The Morgan fingerprint density at radius 1 is 1.44 bits per heavy atom. The van der Waals surface area contributed by atoms with Gasteiger partial charge in [-0.05, 0) is 37.8 Å². The van der Waals surface area contributed by atoms with Gasteiger partial charge < -0.3 is 5.32 Å². The van der Waals surface area contributed by atoms with Crippen molar-refractivity contribution in [1.29, 1.82) is 0 Å². The molecule has 0 amide bonds. The highest BCUT2D eigenvalue weighted by atomic mass is 35.5. The van der Waals surface area contributed by atoms with Crippen LogP contribution in [0.5, 0.6) is 0 Å². The second kappa shape index (κ2) is 3.54. The Morgan fingerprint density at radius 3 is 2.69 bits per heavy atom. The molecule has 0 aliphatic carbocycles. The second-order valence-electron chi connectivity index (χ2n) is 4.70. The van der Waals surface area contributed by atoms with E-state index in [-0.39, 0.29) is 11.3 Å². The van der Waals surface area contributed by atoms with Gasteiger partial charge in [0.25, 0.3) is 0 Å². The van der Waals surface area contributed by atoms with Crippen LogP contribution in [0.4, 0.5) is 0 Å². The Balaban J connectivity index is 1.90. The maximum Gasteiger partial charge on any atom is 0.184 e. The van der Waals surface area contributed by atoms with Crippen molar-refractivity contribution in [3.05, 3.63) is 29.0 Å². The Kier molecular flexibility index (Phi) is 2.26. The summed E-state index contributed by atoms with van der Waals surface area (Å²) in [7, 11) is 0. The summed E-state index contributed by atoms with van der Waals surface area (Å²) in [5.41, 5.74) is 0.361. The number of Topliss-reactive ketones (excluding diaryl/α,β-unsaturated/α-hetero) is 1. The van der Waals surface area contributed by atoms with Gasteiger partial charge in [-0.25, -0.2) is 4.98 Å². The van der Waals surface area contributed by atoms with Gasteiger partial charge in [-0.1, -0.05) is 11.6 Å². The van der Waals surface area contributed by atoms with Crippen LogP contribution in [0.1, 0.15) is 36.0 Å². The first-order valence-electron chi connectivity index (χ1n) is 5.64. The van der Waals surface area contributed by atoms with Gasteiger partial charge in [0.05, 0.1) is 5.54 Å². The number of ketones is 1.